The SMILES string of the molecule is CNC(=O)NC(CCC(N)=S)C(=O)OC(C)(C)C.Cc1ccccc1C(=O)OC(C)(C)C. The number of hydrogen-bond donors (Lipinski definition) is 3. The minimum atomic E-state index is -0.759. The number of hydrogen-bond acceptors (Lipinski definition) is 6. The van der Waals surface area contributed by atoms with Gasteiger partial charge in [0.05, 0.1) is 10.6 Å². The van der Waals surface area contributed by atoms with Gasteiger partial charge in [-0.1, -0.05) is 30.4 Å². The zero-order valence-electron chi connectivity index (χ0n) is 20.3. The molecule has 1 rings (SSSR count). The third-order valence-corrected chi connectivity index (χ3v) is 3.87. The summed E-state index contributed by atoms with van der Waals surface area (Å²) in [6.45, 7) is 12.8. The number of nitrogens with one attached hydrogen (secondary N) is 2. The van der Waals surface area contributed by atoms with Crippen LogP contribution in [0.15, 0.2) is 24.3 Å². The van der Waals surface area contributed by atoms with E-state index in [4.69, 9.17) is 27.4 Å². The number of benzene rings is 1. The number of rotatable bonds is 6. The molecule has 8 nitrogen and oxygen atoms in total. The lowest BCUT2D eigenvalue weighted by atomic mass is 10.1. The molecule has 1 aromatic carbocycles. The smallest absolute Gasteiger partial charge is 0.338 e. The van der Waals surface area contributed by atoms with Crippen LogP contribution in [0.3, 0.4) is 0 Å². The molecule has 0 radical (unpaired) electrons. The Bertz CT molecular complexity index is 798. The van der Waals surface area contributed by atoms with Crippen molar-refractivity contribution >= 4 is 35.2 Å². The van der Waals surface area contributed by atoms with Crippen LogP contribution >= 0.6 is 12.2 Å². The van der Waals surface area contributed by atoms with Crippen LogP contribution in [-0.4, -0.2) is 47.2 Å². The molecular formula is C23H37N3O5S. The maximum absolute atomic E-state index is 11.9. The van der Waals surface area contributed by atoms with Crippen molar-refractivity contribution in [2.45, 2.75) is 78.6 Å². The van der Waals surface area contributed by atoms with E-state index in [9.17, 15) is 14.4 Å². The first-order valence-corrected chi connectivity index (χ1v) is 10.7. The highest BCUT2D eigenvalue weighted by Crippen LogP contribution is 2.14. The molecule has 0 fully saturated rings. The Morgan fingerprint density at radius 2 is 1.56 bits per heavy atom. The van der Waals surface area contributed by atoms with Crippen molar-refractivity contribution in [2.24, 2.45) is 5.73 Å². The summed E-state index contributed by atoms with van der Waals surface area (Å²) in [5, 5.41) is 4.88. The molecule has 0 bridgehead atoms. The van der Waals surface area contributed by atoms with Crippen molar-refractivity contribution in [3.63, 3.8) is 0 Å². The predicted molar refractivity (Wildman–Crippen MR) is 130 cm³/mol. The number of amides is 2. The van der Waals surface area contributed by atoms with Crippen molar-refractivity contribution in [2.75, 3.05) is 7.05 Å². The van der Waals surface area contributed by atoms with Gasteiger partial charge in [0.2, 0.25) is 0 Å². The lowest BCUT2D eigenvalue weighted by Gasteiger charge is -2.24. The van der Waals surface area contributed by atoms with Crippen molar-refractivity contribution < 1.29 is 23.9 Å². The molecule has 0 heterocycles. The highest BCUT2D eigenvalue weighted by Gasteiger charge is 2.26. The largest absolute Gasteiger partial charge is 0.458 e. The monoisotopic (exact) mass is 467 g/mol. The first kappa shape index (κ1) is 29.3. The zero-order valence-corrected chi connectivity index (χ0v) is 21.1. The van der Waals surface area contributed by atoms with Crippen molar-refractivity contribution in [3.8, 4) is 0 Å². The van der Waals surface area contributed by atoms with Crippen molar-refractivity contribution in [3.05, 3.63) is 35.4 Å². The summed E-state index contributed by atoms with van der Waals surface area (Å²) in [6.07, 6.45) is 0.681. The molecule has 1 atom stereocenters. The fourth-order valence-electron chi connectivity index (χ4n) is 2.27. The van der Waals surface area contributed by atoms with E-state index in [1.807, 2.05) is 45.9 Å². The quantitative estimate of drug-likeness (QED) is 0.431. The highest BCUT2D eigenvalue weighted by atomic mass is 32.1. The van der Waals surface area contributed by atoms with Crippen LogP contribution in [0.4, 0.5) is 4.79 Å². The van der Waals surface area contributed by atoms with Crippen LogP contribution in [0.2, 0.25) is 0 Å². The molecule has 0 aliphatic carbocycles. The molecule has 0 aromatic heterocycles. The number of esters is 2. The van der Waals surface area contributed by atoms with Gasteiger partial charge < -0.3 is 25.8 Å². The van der Waals surface area contributed by atoms with Gasteiger partial charge in [0.1, 0.15) is 17.2 Å². The first-order valence-electron chi connectivity index (χ1n) is 10.3. The molecule has 2 amide bonds. The van der Waals surface area contributed by atoms with Gasteiger partial charge in [-0.3, -0.25) is 0 Å². The number of carbonyl (C=O) groups excluding carboxylic acids is 3. The Balaban J connectivity index is 0.000000618. The standard InChI is InChI=1S/C12H16O2.C11H21N3O3S/c1-9-7-5-6-8-10(9)11(13)14-12(2,3)4;1-11(2,3)17-9(15)7(5-6-8(12)18)14-10(16)13-4/h5-8H,1-4H3;7H,5-6H2,1-4H3,(H2,12,18)(H2,13,14,16). The van der Waals surface area contributed by atoms with E-state index in [0.717, 1.165) is 5.56 Å². The predicted octanol–water partition coefficient (Wildman–Crippen LogP) is 3.64. The minimum absolute atomic E-state index is 0.254. The van der Waals surface area contributed by atoms with E-state index in [0.29, 0.717) is 23.4 Å². The third kappa shape index (κ3) is 13.6. The molecule has 1 aromatic rings. The Morgan fingerprint density at radius 3 is 2.00 bits per heavy atom. The van der Waals surface area contributed by atoms with Gasteiger partial charge in [0.15, 0.2) is 0 Å². The van der Waals surface area contributed by atoms with Crippen LogP contribution in [0, 0.1) is 6.92 Å². The van der Waals surface area contributed by atoms with E-state index in [2.05, 4.69) is 10.6 Å². The molecule has 32 heavy (non-hydrogen) atoms. The van der Waals surface area contributed by atoms with E-state index in [1.54, 1.807) is 26.8 Å². The average Bonchev–Trinajstić information content (AvgIpc) is 2.62. The van der Waals surface area contributed by atoms with Gasteiger partial charge in [0.25, 0.3) is 0 Å². The van der Waals surface area contributed by atoms with Gasteiger partial charge in [-0.05, 0) is 66.5 Å². The van der Waals surface area contributed by atoms with Gasteiger partial charge in [-0.15, -0.1) is 0 Å². The highest BCUT2D eigenvalue weighted by molar-refractivity contribution is 7.80. The summed E-state index contributed by atoms with van der Waals surface area (Å²) in [7, 11) is 1.47. The normalized spacial score (nSPS) is 11.9. The maximum Gasteiger partial charge on any atom is 0.338 e. The maximum atomic E-state index is 11.9. The van der Waals surface area contributed by atoms with E-state index in [1.165, 1.54) is 7.05 Å². The number of nitrogens with two attached hydrogens (primary N) is 1. The summed E-state index contributed by atoms with van der Waals surface area (Å²) in [5.41, 5.74) is 5.93. The third-order valence-electron chi connectivity index (χ3n) is 3.67. The number of aryl methyl sites for hydroxylation is 1. The molecule has 0 saturated carbocycles. The molecule has 4 N–H and O–H groups in total. The lowest BCUT2D eigenvalue weighted by Crippen LogP contribution is -2.47. The van der Waals surface area contributed by atoms with Crippen LogP contribution in [0.5, 0.6) is 0 Å². The average molecular weight is 468 g/mol. The minimum Gasteiger partial charge on any atom is -0.458 e. The van der Waals surface area contributed by atoms with Crippen LogP contribution < -0.4 is 16.4 Å². The van der Waals surface area contributed by atoms with Crippen LogP contribution in [0.1, 0.15) is 70.3 Å². The summed E-state index contributed by atoms with van der Waals surface area (Å²) >= 11 is 4.75. The van der Waals surface area contributed by atoms with Crippen LogP contribution in [-0.2, 0) is 14.3 Å². The number of ether oxygens (including phenoxy) is 2. The Hall–Kier alpha value is -2.68. The van der Waals surface area contributed by atoms with Crippen LogP contribution in [0.25, 0.3) is 0 Å². The van der Waals surface area contributed by atoms with Gasteiger partial charge in [-0.2, -0.15) is 0 Å². The topological polar surface area (TPSA) is 120 Å². The molecule has 0 saturated heterocycles. The number of thiocarbonyl (C=S) groups is 1. The van der Waals surface area contributed by atoms with Gasteiger partial charge in [-0.25, -0.2) is 14.4 Å². The van der Waals surface area contributed by atoms with Gasteiger partial charge >= 0.3 is 18.0 Å². The second-order valence-corrected chi connectivity index (χ2v) is 9.66. The van der Waals surface area contributed by atoms with Crippen molar-refractivity contribution in [1.29, 1.82) is 0 Å². The molecule has 0 spiro atoms. The number of carbonyl (C=O) groups is 3. The fraction of sp³-hybridized carbons (Fsp3) is 0.565. The molecule has 0 aliphatic heterocycles. The molecule has 180 valence electrons. The zero-order chi connectivity index (χ0) is 25.1. The Morgan fingerprint density at radius 1 is 1.03 bits per heavy atom. The van der Waals surface area contributed by atoms with E-state index in [-0.39, 0.29) is 5.97 Å². The van der Waals surface area contributed by atoms with E-state index < -0.39 is 29.2 Å². The fourth-order valence-corrected chi connectivity index (χ4v) is 2.39. The summed E-state index contributed by atoms with van der Waals surface area (Å²) in [6, 6.07) is 6.22. The second-order valence-electron chi connectivity index (χ2n) is 9.13. The second kappa shape index (κ2) is 13.0. The molecular weight excluding hydrogens is 430 g/mol. The summed E-state index contributed by atoms with van der Waals surface area (Å²) in [5.74, 6) is -0.752. The summed E-state index contributed by atoms with van der Waals surface area (Å²) in [4.78, 5) is 35.1. The van der Waals surface area contributed by atoms with Gasteiger partial charge in [0, 0.05) is 13.5 Å². The molecule has 9 heteroatoms. The number of urea groups is 1. The summed E-state index contributed by atoms with van der Waals surface area (Å²) < 4.78 is 10.5. The molecule has 0 aliphatic rings. The Labute approximate surface area is 196 Å². The molecule has 1 unspecified atom stereocenters. The first-order chi connectivity index (χ1) is 14.6. The Kier molecular flexibility index (Phi) is 11.9. The van der Waals surface area contributed by atoms with Crippen molar-refractivity contribution in [1.82, 2.24) is 10.6 Å². The lowest BCUT2D eigenvalue weighted by molar-refractivity contribution is -0.157. The van der Waals surface area contributed by atoms with E-state index >= 15 is 0 Å².